The molecule has 2 heterocycles. The van der Waals surface area contributed by atoms with Gasteiger partial charge in [0.15, 0.2) is 6.61 Å². The second-order valence-electron chi connectivity index (χ2n) is 7.22. The minimum Gasteiger partial charge on any atom is -0.482 e. The number of ether oxygens (including phenoxy) is 1. The number of aromatic nitrogens is 1. The van der Waals surface area contributed by atoms with E-state index in [0.717, 1.165) is 49.3 Å². The number of pyridine rings is 1. The molecular weight excluding hydrogens is 340 g/mol. The van der Waals surface area contributed by atoms with E-state index < -0.39 is 0 Å². The molecule has 0 radical (unpaired) electrons. The van der Waals surface area contributed by atoms with Crippen LogP contribution in [0.2, 0.25) is 0 Å². The summed E-state index contributed by atoms with van der Waals surface area (Å²) in [6, 6.07) is 11.8. The second-order valence-corrected chi connectivity index (χ2v) is 7.22. The number of likely N-dealkylation sites (tertiary alicyclic amines) is 1. The Bertz CT molecular complexity index is 791. The molecular formula is C22H28N2O3. The smallest absolute Gasteiger partial charge is 0.260 e. The Balaban J connectivity index is 1.52. The highest BCUT2D eigenvalue weighted by atomic mass is 16.5. The molecule has 2 aromatic rings. The van der Waals surface area contributed by atoms with E-state index in [0.29, 0.717) is 11.7 Å². The van der Waals surface area contributed by atoms with Gasteiger partial charge in [0.1, 0.15) is 5.75 Å². The summed E-state index contributed by atoms with van der Waals surface area (Å²) in [6.07, 6.45) is 2.71. The molecule has 1 aromatic carbocycles. The van der Waals surface area contributed by atoms with E-state index in [-0.39, 0.29) is 19.1 Å². The van der Waals surface area contributed by atoms with E-state index in [1.165, 1.54) is 5.56 Å². The average Bonchev–Trinajstić information content (AvgIpc) is 3.15. The van der Waals surface area contributed by atoms with Gasteiger partial charge in [0.2, 0.25) is 0 Å². The van der Waals surface area contributed by atoms with Crippen LogP contribution in [-0.4, -0.2) is 40.6 Å². The Hall–Kier alpha value is -2.40. The highest BCUT2D eigenvalue weighted by Crippen LogP contribution is 2.22. The van der Waals surface area contributed by atoms with Gasteiger partial charge in [-0.15, -0.1) is 0 Å². The van der Waals surface area contributed by atoms with Crippen molar-refractivity contribution in [2.75, 3.05) is 19.7 Å². The van der Waals surface area contributed by atoms with E-state index in [2.05, 4.69) is 11.1 Å². The molecule has 1 N–H and O–H groups in total. The molecule has 1 aliphatic heterocycles. The maximum absolute atomic E-state index is 12.5. The van der Waals surface area contributed by atoms with Gasteiger partial charge in [-0.2, -0.15) is 0 Å². The molecule has 1 saturated heterocycles. The minimum absolute atomic E-state index is 0.0317. The first kappa shape index (κ1) is 19.4. The van der Waals surface area contributed by atoms with E-state index in [9.17, 15) is 9.90 Å². The number of hydrogen-bond donors (Lipinski definition) is 1. The van der Waals surface area contributed by atoms with Crippen molar-refractivity contribution in [1.29, 1.82) is 0 Å². The molecule has 1 fully saturated rings. The van der Waals surface area contributed by atoms with Crippen molar-refractivity contribution in [3.05, 3.63) is 58.9 Å². The van der Waals surface area contributed by atoms with E-state index in [1.54, 1.807) is 0 Å². The Kier molecular flexibility index (Phi) is 6.45. The van der Waals surface area contributed by atoms with Crippen LogP contribution in [0, 0.1) is 12.8 Å². The summed E-state index contributed by atoms with van der Waals surface area (Å²) in [5, 5.41) is 9.27. The zero-order valence-electron chi connectivity index (χ0n) is 16.1. The third-order valence-electron chi connectivity index (χ3n) is 5.09. The Morgan fingerprint density at radius 3 is 2.89 bits per heavy atom. The molecule has 0 spiro atoms. The number of aliphatic hydroxyl groups is 1. The fraction of sp³-hybridized carbons (Fsp3) is 0.455. The van der Waals surface area contributed by atoms with Gasteiger partial charge >= 0.3 is 0 Å². The van der Waals surface area contributed by atoms with Crippen LogP contribution in [0.5, 0.6) is 5.75 Å². The van der Waals surface area contributed by atoms with Crippen LogP contribution in [0.4, 0.5) is 0 Å². The number of aryl methyl sites for hydroxylation is 2. The van der Waals surface area contributed by atoms with E-state index in [4.69, 9.17) is 4.74 Å². The molecule has 5 heteroatoms. The van der Waals surface area contributed by atoms with Gasteiger partial charge in [0.05, 0.1) is 12.3 Å². The number of aliphatic hydroxyl groups excluding tert-OH is 1. The molecule has 1 aliphatic rings. The summed E-state index contributed by atoms with van der Waals surface area (Å²) in [6.45, 7) is 5.65. The highest BCUT2D eigenvalue weighted by molar-refractivity contribution is 5.78. The minimum atomic E-state index is 0.0317. The van der Waals surface area contributed by atoms with Crippen molar-refractivity contribution >= 4 is 5.91 Å². The third kappa shape index (κ3) is 5.07. The lowest BCUT2D eigenvalue weighted by molar-refractivity contribution is -0.132. The number of benzene rings is 1. The molecule has 27 heavy (non-hydrogen) atoms. The molecule has 0 aliphatic carbocycles. The van der Waals surface area contributed by atoms with Gasteiger partial charge in [-0.3, -0.25) is 9.78 Å². The maximum Gasteiger partial charge on any atom is 0.260 e. The number of hydrogen-bond acceptors (Lipinski definition) is 4. The Morgan fingerprint density at radius 2 is 2.11 bits per heavy atom. The number of carbonyl (C=O) groups is 1. The molecule has 3 rings (SSSR count). The molecule has 0 saturated carbocycles. The van der Waals surface area contributed by atoms with Gasteiger partial charge in [-0.1, -0.05) is 31.2 Å². The molecule has 1 amide bonds. The number of rotatable bonds is 7. The summed E-state index contributed by atoms with van der Waals surface area (Å²) in [5.41, 5.74) is 4.00. The fourth-order valence-corrected chi connectivity index (χ4v) is 3.63. The quantitative estimate of drug-likeness (QED) is 0.816. The van der Waals surface area contributed by atoms with Crippen LogP contribution in [0.25, 0.3) is 0 Å². The monoisotopic (exact) mass is 368 g/mol. The van der Waals surface area contributed by atoms with Crippen LogP contribution in [-0.2, 0) is 24.2 Å². The predicted octanol–water partition coefficient (Wildman–Crippen LogP) is 2.91. The SMILES string of the molecule is CCc1nc(C)ccc1OCC(=O)N1CC[C@H](Cc2cccc(CO)c2)C1. The zero-order chi connectivity index (χ0) is 19.2. The first-order chi connectivity index (χ1) is 13.1. The lowest BCUT2D eigenvalue weighted by Gasteiger charge is -2.18. The highest BCUT2D eigenvalue weighted by Gasteiger charge is 2.26. The van der Waals surface area contributed by atoms with Crippen LogP contribution in [0.3, 0.4) is 0 Å². The molecule has 1 aromatic heterocycles. The Morgan fingerprint density at radius 1 is 1.30 bits per heavy atom. The first-order valence-corrected chi connectivity index (χ1v) is 9.64. The fourth-order valence-electron chi connectivity index (χ4n) is 3.63. The summed E-state index contributed by atoms with van der Waals surface area (Å²) in [7, 11) is 0. The number of amides is 1. The zero-order valence-corrected chi connectivity index (χ0v) is 16.1. The van der Waals surface area contributed by atoms with Gasteiger partial charge in [-0.05, 0) is 55.4 Å². The van der Waals surface area contributed by atoms with Gasteiger partial charge in [0, 0.05) is 18.8 Å². The van der Waals surface area contributed by atoms with Crippen LogP contribution < -0.4 is 4.74 Å². The normalized spacial score (nSPS) is 16.6. The first-order valence-electron chi connectivity index (χ1n) is 9.64. The Labute approximate surface area is 161 Å². The van der Waals surface area contributed by atoms with Crippen molar-refractivity contribution in [3.8, 4) is 5.75 Å². The lowest BCUT2D eigenvalue weighted by atomic mass is 9.97. The third-order valence-corrected chi connectivity index (χ3v) is 5.09. The molecule has 1 atom stereocenters. The van der Waals surface area contributed by atoms with Crippen molar-refractivity contribution in [1.82, 2.24) is 9.88 Å². The van der Waals surface area contributed by atoms with Crippen molar-refractivity contribution in [2.45, 2.75) is 39.7 Å². The van der Waals surface area contributed by atoms with Crippen molar-refractivity contribution in [3.63, 3.8) is 0 Å². The van der Waals surface area contributed by atoms with Crippen LogP contribution >= 0.6 is 0 Å². The van der Waals surface area contributed by atoms with Crippen molar-refractivity contribution in [2.24, 2.45) is 5.92 Å². The summed E-state index contributed by atoms with van der Waals surface area (Å²) < 4.78 is 5.76. The van der Waals surface area contributed by atoms with Crippen LogP contribution in [0.15, 0.2) is 36.4 Å². The number of carbonyl (C=O) groups excluding carboxylic acids is 1. The molecule has 144 valence electrons. The molecule has 0 bridgehead atoms. The van der Waals surface area contributed by atoms with Crippen LogP contribution in [0.1, 0.15) is 35.9 Å². The molecule has 5 nitrogen and oxygen atoms in total. The van der Waals surface area contributed by atoms with Gasteiger partial charge in [0.25, 0.3) is 5.91 Å². The standard InChI is InChI=1S/C22H28N2O3/c1-3-20-21(8-7-16(2)23-20)27-15-22(26)24-10-9-18(13-24)11-17-5-4-6-19(12-17)14-25/h4-8,12,18,25H,3,9-11,13-15H2,1-2H3/t18-/m1/s1. The van der Waals surface area contributed by atoms with E-state index in [1.807, 2.05) is 49.1 Å². The van der Waals surface area contributed by atoms with E-state index >= 15 is 0 Å². The van der Waals surface area contributed by atoms with Crippen molar-refractivity contribution < 1.29 is 14.6 Å². The van der Waals surface area contributed by atoms with Gasteiger partial charge < -0.3 is 14.7 Å². The maximum atomic E-state index is 12.5. The number of nitrogens with zero attached hydrogens (tertiary/aromatic N) is 2. The summed E-state index contributed by atoms with van der Waals surface area (Å²) in [4.78, 5) is 18.9. The lowest BCUT2D eigenvalue weighted by Crippen LogP contribution is -2.33. The summed E-state index contributed by atoms with van der Waals surface area (Å²) in [5.74, 6) is 1.19. The topological polar surface area (TPSA) is 62.7 Å². The average molecular weight is 368 g/mol. The second kappa shape index (κ2) is 9.00. The largest absolute Gasteiger partial charge is 0.482 e. The predicted molar refractivity (Wildman–Crippen MR) is 105 cm³/mol. The summed E-state index contributed by atoms with van der Waals surface area (Å²) >= 11 is 0. The van der Waals surface area contributed by atoms with Gasteiger partial charge in [-0.25, -0.2) is 0 Å². The molecule has 0 unspecified atom stereocenters.